The molecule has 0 spiro atoms. The van der Waals surface area contributed by atoms with Gasteiger partial charge in [0.05, 0.1) is 5.92 Å². The van der Waals surface area contributed by atoms with E-state index in [9.17, 15) is 4.79 Å². The van der Waals surface area contributed by atoms with E-state index in [1.807, 2.05) is 6.07 Å². The van der Waals surface area contributed by atoms with Crippen molar-refractivity contribution >= 4 is 11.7 Å². The molecule has 3 atom stereocenters. The number of hydrogen-bond acceptors (Lipinski definition) is 6. The number of hydrogen-bond donors (Lipinski definition) is 1. The third-order valence-corrected chi connectivity index (χ3v) is 6.14. The van der Waals surface area contributed by atoms with Crippen molar-refractivity contribution in [3.8, 4) is 5.82 Å². The van der Waals surface area contributed by atoms with E-state index in [2.05, 4.69) is 51.0 Å². The summed E-state index contributed by atoms with van der Waals surface area (Å²) in [6.45, 7) is 8.50. The topological polar surface area (TPSA) is 88.8 Å². The maximum absolute atomic E-state index is 13.0. The van der Waals surface area contributed by atoms with E-state index in [0.29, 0.717) is 23.7 Å². The van der Waals surface area contributed by atoms with E-state index in [0.717, 1.165) is 38.0 Å². The molecule has 8 nitrogen and oxygen atoms in total. The zero-order valence-corrected chi connectivity index (χ0v) is 17.6. The zero-order chi connectivity index (χ0) is 20.4. The Labute approximate surface area is 172 Å². The first kappa shape index (κ1) is 19.8. The van der Waals surface area contributed by atoms with Gasteiger partial charge in [-0.25, -0.2) is 19.6 Å². The number of carbonyl (C=O) groups excluding carboxylic acids is 1. The standard InChI is InChI=1S/C21H31N7O/c1-15-7-17(10-21(2,3)9-15)26-20(29)16-5-4-6-27(11-16)18-8-19(24-13-23-18)28-14-22-12-25-28/h8,12-17H,4-7,9-11H2,1-3H3,(H,26,29). The van der Waals surface area contributed by atoms with Crippen LogP contribution in [0.4, 0.5) is 5.82 Å². The number of aromatic nitrogens is 5. The fourth-order valence-corrected chi connectivity index (χ4v) is 5.14. The van der Waals surface area contributed by atoms with E-state index in [1.165, 1.54) is 12.7 Å². The maximum Gasteiger partial charge on any atom is 0.225 e. The van der Waals surface area contributed by atoms with Gasteiger partial charge in [-0.15, -0.1) is 0 Å². The monoisotopic (exact) mass is 397 g/mol. The molecule has 1 N–H and O–H groups in total. The highest BCUT2D eigenvalue weighted by molar-refractivity contribution is 5.80. The summed E-state index contributed by atoms with van der Waals surface area (Å²) in [5.41, 5.74) is 0.299. The lowest BCUT2D eigenvalue weighted by Gasteiger charge is -2.40. The van der Waals surface area contributed by atoms with Gasteiger partial charge in [0, 0.05) is 25.2 Å². The second-order valence-corrected chi connectivity index (χ2v) is 9.48. The number of anilines is 1. The van der Waals surface area contributed by atoms with Crippen LogP contribution >= 0.6 is 0 Å². The fourth-order valence-electron chi connectivity index (χ4n) is 5.14. The molecule has 2 aromatic rings. The highest BCUT2D eigenvalue weighted by atomic mass is 16.2. The van der Waals surface area contributed by atoms with Gasteiger partial charge in [-0.3, -0.25) is 4.79 Å². The number of nitrogens with one attached hydrogen (secondary N) is 1. The summed E-state index contributed by atoms with van der Waals surface area (Å²) in [7, 11) is 0. The van der Waals surface area contributed by atoms with Crippen LogP contribution in [-0.4, -0.2) is 49.8 Å². The highest BCUT2D eigenvalue weighted by Gasteiger charge is 2.34. The Bertz CT molecular complexity index is 835. The molecule has 1 amide bonds. The Morgan fingerprint density at radius 2 is 2.03 bits per heavy atom. The third kappa shape index (κ3) is 4.74. The molecule has 1 saturated heterocycles. The van der Waals surface area contributed by atoms with Crippen LogP contribution in [0.3, 0.4) is 0 Å². The SMILES string of the molecule is CC1CC(NC(=O)C2CCCN(c3cc(-n4cncn4)ncn3)C2)CC(C)(C)C1. The van der Waals surface area contributed by atoms with Gasteiger partial charge < -0.3 is 10.2 Å². The van der Waals surface area contributed by atoms with Crippen molar-refractivity contribution in [3.05, 3.63) is 25.0 Å². The molecule has 0 aromatic carbocycles. The summed E-state index contributed by atoms with van der Waals surface area (Å²) >= 11 is 0. The maximum atomic E-state index is 13.0. The van der Waals surface area contributed by atoms with Crippen LogP contribution in [-0.2, 0) is 4.79 Å². The van der Waals surface area contributed by atoms with Gasteiger partial charge in [0.15, 0.2) is 5.82 Å². The first-order valence-corrected chi connectivity index (χ1v) is 10.6. The summed E-state index contributed by atoms with van der Waals surface area (Å²) in [6.07, 6.45) is 9.93. The predicted molar refractivity (Wildman–Crippen MR) is 111 cm³/mol. The lowest BCUT2D eigenvalue weighted by atomic mass is 9.70. The average molecular weight is 398 g/mol. The fraction of sp³-hybridized carbons (Fsp3) is 0.667. The van der Waals surface area contributed by atoms with Crippen molar-refractivity contribution < 1.29 is 4.79 Å². The molecule has 4 rings (SSSR count). The first-order chi connectivity index (χ1) is 13.9. The highest BCUT2D eigenvalue weighted by Crippen LogP contribution is 2.38. The second-order valence-electron chi connectivity index (χ2n) is 9.48. The molecule has 1 saturated carbocycles. The van der Waals surface area contributed by atoms with Crippen molar-refractivity contribution in [2.75, 3.05) is 18.0 Å². The van der Waals surface area contributed by atoms with Crippen LogP contribution in [0.1, 0.15) is 52.9 Å². The average Bonchev–Trinajstić information content (AvgIpc) is 3.21. The molecule has 8 heteroatoms. The Hall–Kier alpha value is -2.51. The Morgan fingerprint density at radius 1 is 1.21 bits per heavy atom. The molecule has 3 unspecified atom stereocenters. The van der Waals surface area contributed by atoms with Crippen LogP contribution in [0.25, 0.3) is 5.82 Å². The molecular weight excluding hydrogens is 366 g/mol. The minimum atomic E-state index is -0.00567. The van der Waals surface area contributed by atoms with Crippen LogP contribution in [0.15, 0.2) is 25.0 Å². The lowest BCUT2D eigenvalue weighted by Crippen LogP contribution is -2.49. The van der Waals surface area contributed by atoms with Crippen LogP contribution in [0, 0.1) is 17.3 Å². The number of piperidine rings is 1. The van der Waals surface area contributed by atoms with Crippen molar-refractivity contribution in [2.45, 2.75) is 58.9 Å². The summed E-state index contributed by atoms with van der Waals surface area (Å²) in [4.78, 5) is 27.9. The molecule has 0 bridgehead atoms. The summed E-state index contributed by atoms with van der Waals surface area (Å²) < 4.78 is 1.62. The number of amides is 1. The van der Waals surface area contributed by atoms with Crippen molar-refractivity contribution in [3.63, 3.8) is 0 Å². The van der Waals surface area contributed by atoms with Crippen molar-refractivity contribution in [2.24, 2.45) is 17.3 Å². The van der Waals surface area contributed by atoms with E-state index >= 15 is 0 Å². The van der Waals surface area contributed by atoms with Gasteiger partial charge in [-0.05, 0) is 43.4 Å². The molecular formula is C21H31N7O. The van der Waals surface area contributed by atoms with Crippen LogP contribution in [0.5, 0.6) is 0 Å². The van der Waals surface area contributed by atoms with Crippen LogP contribution in [0.2, 0.25) is 0 Å². The van der Waals surface area contributed by atoms with Gasteiger partial charge in [0.25, 0.3) is 0 Å². The van der Waals surface area contributed by atoms with E-state index < -0.39 is 0 Å². The second kappa shape index (κ2) is 8.08. The van der Waals surface area contributed by atoms with E-state index in [1.54, 1.807) is 17.3 Å². The predicted octanol–water partition coefficient (Wildman–Crippen LogP) is 2.60. The minimum Gasteiger partial charge on any atom is -0.356 e. The van der Waals surface area contributed by atoms with Crippen molar-refractivity contribution in [1.29, 1.82) is 0 Å². The summed E-state index contributed by atoms with van der Waals surface area (Å²) in [6, 6.07) is 2.19. The molecule has 3 heterocycles. The quantitative estimate of drug-likeness (QED) is 0.853. The van der Waals surface area contributed by atoms with Gasteiger partial charge in [-0.2, -0.15) is 5.10 Å². The van der Waals surface area contributed by atoms with Gasteiger partial charge >= 0.3 is 0 Å². The molecule has 2 fully saturated rings. The molecule has 2 aliphatic rings. The molecule has 2 aromatic heterocycles. The molecule has 156 valence electrons. The van der Waals surface area contributed by atoms with Crippen LogP contribution < -0.4 is 10.2 Å². The Kier molecular flexibility index (Phi) is 5.52. The minimum absolute atomic E-state index is 0.00567. The molecule has 0 radical (unpaired) electrons. The lowest BCUT2D eigenvalue weighted by molar-refractivity contribution is -0.126. The summed E-state index contributed by atoms with van der Waals surface area (Å²) in [5, 5.41) is 7.49. The van der Waals surface area contributed by atoms with Gasteiger partial charge in [0.1, 0.15) is 24.8 Å². The Morgan fingerprint density at radius 3 is 2.79 bits per heavy atom. The van der Waals surface area contributed by atoms with E-state index in [4.69, 9.17) is 0 Å². The smallest absolute Gasteiger partial charge is 0.225 e. The number of carbonyl (C=O) groups is 1. The normalized spacial score (nSPS) is 26.9. The Balaban J connectivity index is 1.41. The zero-order valence-electron chi connectivity index (χ0n) is 17.6. The number of nitrogens with zero attached hydrogens (tertiary/aromatic N) is 6. The molecule has 1 aliphatic heterocycles. The number of rotatable bonds is 4. The van der Waals surface area contributed by atoms with Gasteiger partial charge in [-0.1, -0.05) is 20.8 Å². The van der Waals surface area contributed by atoms with Crippen molar-refractivity contribution in [1.82, 2.24) is 30.0 Å². The third-order valence-electron chi connectivity index (χ3n) is 6.14. The summed E-state index contributed by atoms with van der Waals surface area (Å²) in [5.74, 6) is 2.35. The molecule has 1 aliphatic carbocycles. The van der Waals surface area contributed by atoms with Gasteiger partial charge in [0.2, 0.25) is 5.91 Å². The van der Waals surface area contributed by atoms with E-state index in [-0.39, 0.29) is 17.9 Å². The first-order valence-electron chi connectivity index (χ1n) is 10.6. The molecule has 29 heavy (non-hydrogen) atoms. The largest absolute Gasteiger partial charge is 0.356 e.